The summed E-state index contributed by atoms with van der Waals surface area (Å²) in [5.74, 6) is 1.01. The van der Waals surface area contributed by atoms with Gasteiger partial charge in [0.2, 0.25) is 5.91 Å². The Morgan fingerprint density at radius 2 is 1.61 bits per heavy atom. The summed E-state index contributed by atoms with van der Waals surface area (Å²) < 4.78 is 18.4. The molecule has 0 aromatic heterocycles. The van der Waals surface area contributed by atoms with Crippen LogP contribution in [0.25, 0.3) is 0 Å². The molecule has 0 bridgehead atoms. The summed E-state index contributed by atoms with van der Waals surface area (Å²) in [6.45, 7) is 0.619. The molecule has 0 atom stereocenters. The zero-order chi connectivity index (χ0) is 24.9. The molecule has 0 radical (unpaired) electrons. The summed E-state index contributed by atoms with van der Waals surface area (Å²) in [5.41, 5.74) is 4.48. The SMILES string of the molecule is O=C1CCc2c(cc(C(=O)N3CCC(C(c4ccccc4)c4ccccc4)CC3)cc2OCCF)N1. The molecule has 5 nitrogen and oxygen atoms in total. The maximum Gasteiger partial charge on any atom is 0.254 e. The maximum absolute atomic E-state index is 13.5. The van der Waals surface area contributed by atoms with Gasteiger partial charge in [0.15, 0.2) is 0 Å². The second-order valence-corrected chi connectivity index (χ2v) is 9.51. The first kappa shape index (κ1) is 24.0. The summed E-state index contributed by atoms with van der Waals surface area (Å²) in [6.07, 6.45) is 2.66. The normalized spacial score (nSPS) is 15.9. The van der Waals surface area contributed by atoms with Crippen LogP contribution in [0.4, 0.5) is 10.1 Å². The lowest BCUT2D eigenvalue weighted by Crippen LogP contribution is -2.40. The van der Waals surface area contributed by atoms with Gasteiger partial charge in [0.25, 0.3) is 5.91 Å². The van der Waals surface area contributed by atoms with Gasteiger partial charge in [-0.05, 0) is 48.4 Å². The zero-order valence-corrected chi connectivity index (χ0v) is 20.3. The largest absolute Gasteiger partial charge is 0.490 e. The number of ether oxygens (including phenoxy) is 1. The van der Waals surface area contributed by atoms with E-state index in [1.165, 1.54) is 11.1 Å². The standard InChI is InChI=1S/C30H31FN2O3/c31-15-18-36-27-20-24(19-26-25(27)11-12-28(34)32-26)30(35)33-16-13-23(14-17-33)29(21-7-3-1-4-8-21)22-9-5-2-6-10-22/h1-10,19-20,23,29H,11-18H2,(H,32,34). The highest BCUT2D eigenvalue weighted by atomic mass is 19.1. The van der Waals surface area contributed by atoms with Crippen molar-refractivity contribution in [2.75, 3.05) is 31.7 Å². The van der Waals surface area contributed by atoms with Crippen LogP contribution in [0, 0.1) is 5.92 Å². The Hall–Kier alpha value is -3.67. The lowest BCUT2D eigenvalue weighted by atomic mass is 9.76. The molecule has 1 fully saturated rings. The van der Waals surface area contributed by atoms with Gasteiger partial charge in [0.1, 0.15) is 19.0 Å². The van der Waals surface area contributed by atoms with E-state index in [-0.39, 0.29) is 24.3 Å². The van der Waals surface area contributed by atoms with Gasteiger partial charge in [0.05, 0.1) is 0 Å². The van der Waals surface area contributed by atoms with E-state index in [9.17, 15) is 14.0 Å². The number of hydrogen-bond acceptors (Lipinski definition) is 3. The number of alkyl halides is 1. The molecular formula is C30H31FN2O3. The molecular weight excluding hydrogens is 455 g/mol. The predicted octanol–water partition coefficient (Wildman–Crippen LogP) is 5.60. The Morgan fingerprint density at radius 3 is 2.22 bits per heavy atom. The first-order chi connectivity index (χ1) is 17.6. The Labute approximate surface area is 211 Å². The Kier molecular flexibility index (Phi) is 7.31. The minimum atomic E-state index is -0.614. The third-order valence-corrected chi connectivity index (χ3v) is 7.28. The molecule has 0 spiro atoms. The van der Waals surface area contributed by atoms with E-state index >= 15 is 0 Å². The summed E-state index contributed by atoms with van der Waals surface area (Å²) in [5, 5.41) is 2.85. The molecule has 3 aromatic carbocycles. The number of nitrogens with zero attached hydrogens (tertiary/aromatic N) is 1. The molecule has 1 N–H and O–H groups in total. The number of rotatable bonds is 7. The second kappa shape index (κ2) is 10.9. The number of halogens is 1. The summed E-state index contributed by atoms with van der Waals surface area (Å²) in [4.78, 5) is 27.3. The Bertz CT molecular complexity index is 1170. The second-order valence-electron chi connectivity index (χ2n) is 9.51. The molecule has 6 heteroatoms. The number of benzene rings is 3. The molecule has 2 amide bonds. The Morgan fingerprint density at radius 1 is 0.972 bits per heavy atom. The number of hydrogen-bond donors (Lipinski definition) is 1. The van der Waals surface area contributed by atoms with Crippen molar-refractivity contribution >= 4 is 17.5 Å². The fraction of sp³-hybridized carbons (Fsp3) is 0.333. The van der Waals surface area contributed by atoms with E-state index in [2.05, 4.69) is 53.8 Å². The topological polar surface area (TPSA) is 58.6 Å². The van der Waals surface area contributed by atoms with Gasteiger partial charge in [-0.2, -0.15) is 0 Å². The van der Waals surface area contributed by atoms with Crippen LogP contribution in [0.15, 0.2) is 72.8 Å². The van der Waals surface area contributed by atoms with E-state index in [4.69, 9.17) is 4.74 Å². The lowest BCUT2D eigenvalue weighted by Gasteiger charge is -2.37. The average molecular weight is 487 g/mol. The molecule has 3 aromatic rings. The van der Waals surface area contributed by atoms with Crippen LogP contribution in [0.1, 0.15) is 52.2 Å². The zero-order valence-electron chi connectivity index (χ0n) is 20.3. The maximum atomic E-state index is 13.5. The quantitative estimate of drug-likeness (QED) is 0.473. The van der Waals surface area contributed by atoms with Crippen LogP contribution in [0.3, 0.4) is 0 Å². The molecule has 2 aliphatic rings. The van der Waals surface area contributed by atoms with Crippen molar-refractivity contribution in [3.8, 4) is 5.75 Å². The first-order valence-corrected chi connectivity index (χ1v) is 12.7. The molecule has 0 aliphatic carbocycles. The van der Waals surface area contributed by atoms with Crippen molar-refractivity contribution in [3.63, 3.8) is 0 Å². The predicted molar refractivity (Wildman–Crippen MR) is 138 cm³/mol. The van der Waals surface area contributed by atoms with Crippen molar-refractivity contribution in [2.45, 2.75) is 31.6 Å². The summed E-state index contributed by atoms with van der Waals surface area (Å²) >= 11 is 0. The molecule has 36 heavy (non-hydrogen) atoms. The van der Waals surface area contributed by atoms with Crippen molar-refractivity contribution in [3.05, 3.63) is 95.1 Å². The van der Waals surface area contributed by atoms with E-state index in [1.807, 2.05) is 17.0 Å². The van der Waals surface area contributed by atoms with Crippen LogP contribution < -0.4 is 10.1 Å². The summed E-state index contributed by atoms with van der Waals surface area (Å²) in [7, 11) is 0. The van der Waals surface area contributed by atoms with Gasteiger partial charge in [-0.3, -0.25) is 9.59 Å². The van der Waals surface area contributed by atoms with Crippen molar-refractivity contribution < 1.29 is 18.7 Å². The minimum Gasteiger partial charge on any atom is -0.490 e. The van der Waals surface area contributed by atoms with Crippen LogP contribution in [-0.2, 0) is 11.2 Å². The van der Waals surface area contributed by atoms with Crippen molar-refractivity contribution in [1.82, 2.24) is 4.90 Å². The van der Waals surface area contributed by atoms with Gasteiger partial charge in [-0.1, -0.05) is 60.7 Å². The number of fused-ring (bicyclic) bond motifs is 1. The Balaban J connectivity index is 1.34. The lowest BCUT2D eigenvalue weighted by molar-refractivity contribution is -0.116. The molecule has 2 heterocycles. The third-order valence-electron chi connectivity index (χ3n) is 7.28. The van der Waals surface area contributed by atoms with Gasteiger partial charge in [0, 0.05) is 42.2 Å². The van der Waals surface area contributed by atoms with Crippen molar-refractivity contribution in [2.24, 2.45) is 5.92 Å². The molecule has 5 rings (SSSR count). The highest BCUT2D eigenvalue weighted by Crippen LogP contribution is 2.39. The number of anilines is 1. The number of amides is 2. The fourth-order valence-electron chi connectivity index (χ4n) is 5.54. The number of nitrogens with one attached hydrogen (secondary N) is 1. The fourth-order valence-corrected chi connectivity index (χ4v) is 5.54. The molecule has 0 saturated carbocycles. The summed E-state index contributed by atoms with van der Waals surface area (Å²) in [6, 6.07) is 24.6. The van der Waals surface area contributed by atoms with E-state index in [0.29, 0.717) is 48.8 Å². The molecule has 0 unspecified atom stereocenters. The van der Waals surface area contributed by atoms with E-state index in [1.54, 1.807) is 12.1 Å². The molecule has 1 saturated heterocycles. The first-order valence-electron chi connectivity index (χ1n) is 12.7. The smallest absolute Gasteiger partial charge is 0.254 e. The number of likely N-dealkylation sites (tertiary alicyclic amines) is 1. The van der Waals surface area contributed by atoms with Gasteiger partial charge >= 0.3 is 0 Å². The van der Waals surface area contributed by atoms with E-state index < -0.39 is 6.67 Å². The minimum absolute atomic E-state index is 0.0796. The van der Waals surface area contributed by atoms with Gasteiger partial charge in [-0.15, -0.1) is 0 Å². The highest BCUT2D eigenvalue weighted by molar-refractivity contribution is 6.00. The van der Waals surface area contributed by atoms with Gasteiger partial charge in [-0.25, -0.2) is 4.39 Å². The third kappa shape index (κ3) is 5.13. The number of carbonyl (C=O) groups excluding carboxylic acids is 2. The van der Waals surface area contributed by atoms with E-state index in [0.717, 1.165) is 18.4 Å². The molecule has 186 valence electrons. The average Bonchev–Trinajstić information content (AvgIpc) is 2.92. The van der Waals surface area contributed by atoms with Crippen LogP contribution >= 0.6 is 0 Å². The molecule has 2 aliphatic heterocycles. The van der Waals surface area contributed by atoms with Crippen molar-refractivity contribution in [1.29, 1.82) is 0 Å². The van der Waals surface area contributed by atoms with Gasteiger partial charge < -0.3 is 15.0 Å². The number of carbonyl (C=O) groups is 2. The van der Waals surface area contributed by atoms with Crippen LogP contribution in [0.5, 0.6) is 5.75 Å². The number of piperidine rings is 1. The highest BCUT2D eigenvalue weighted by Gasteiger charge is 2.31. The monoisotopic (exact) mass is 486 g/mol. The van der Waals surface area contributed by atoms with Crippen LogP contribution in [-0.4, -0.2) is 43.1 Å². The van der Waals surface area contributed by atoms with Crippen LogP contribution in [0.2, 0.25) is 0 Å².